The summed E-state index contributed by atoms with van der Waals surface area (Å²) in [5, 5.41) is 11.0. The van der Waals surface area contributed by atoms with E-state index in [2.05, 4.69) is 30.9 Å². The number of hydrogen-bond acceptors (Lipinski definition) is 5. The van der Waals surface area contributed by atoms with Gasteiger partial charge in [0.15, 0.2) is 5.11 Å². The summed E-state index contributed by atoms with van der Waals surface area (Å²) in [6.45, 7) is 0. The van der Waals surface area contributed by atoms with Crippen LogP contribution in [0.4, 0.5) is 5.69 Å². The lowest BCUT2D eigenvalue weighted by Gasteiger charge is -2.13. The molecule has 0 aliphatic heterocycles. The van der Waals surface area contributed by atoms with Crippen molar-refractivity contribution in [1.29, 1.82) is 0 Å². The Balaban J connectivity index is 1.83. The fourth-order valence-corrected chi connectivity index (χ4v) is 2.66. The molecule has 0 radical (unpaired) electrons. The van der Waals surface area contributed by atoms with E-state index in [1.165, 1.54) is 4.68 Å². The first-order valence-corrected chi connectivity index (χ1v) is 8.08. The van der Waals surface area contributed by atoms with E-state index in [-0.39, 0.29) is 5.11 Å². The molecule has 2 aromatic heterocycles. The highest BCUT2D eigenvalue weighted by atomic mass is 35.5. The molecule has 24 heavy (non-hydrogen) atoms. The molecule has 3 rings (SSSR count). The molecule has 11 heteroatoms. The Hall–Kier alpha value is -2.07. The number of thiocarbonyl (C=S) groups is 1. The molecule has 0 bridgehead atoms. The number of nitrogens with zero attached hydrogens (tertiary/aromatic N) is 4. The Bertz CT molecular complexity index is 939. The highest BCUT2D eigenvalue weighted by Gasteiger charge is 2.12. The summed E-state index contributed by atoms with van der Waals surface area (Å²) >= 11 is 22.5. The first kappa shape index (κ1) is 16.8. The molecule has 7 nitrogen and oxygen atoms in total. The molecule has 1 aromatic carbocycles. The van der Waals surface area contributed by atoms with Gasteiger partial charge < -0.3 is 5.32 Å². The SMILES string of the molecule is S=C(Nc1ccc(Cl)cc1Cl)Nn1c(-c2cnccn2)n[nH]c1=S. The largest absolute Gasteiger partial charge is 0.330 e. The van der Waals surface area contributed by atoms with Crippen LogP contribution in [0.2, 0.25) is 10.0 Å². The third-order valence-corrected chi connectivity index (χ3v) is 3.87. The molecule has 0 aliphatic carbocycles. The Morgan fingerprint density at radius 3 is 2.79 bits per heavy atom. The summed E-state index contributed by atoms with van der Waals surface area (Å²) in [5.74, 6) is 0.444. The van der Waals surface area contributed by atoms with E-state index in [9.17, 15) is 0 Å². The van der Waals surface area contributed by atoms with E-state index in [1.54, 1.807) is 36.8 Å². The minimum Gasteiger partial charge on any atom is -0.330 e. The molecule has 0 fully saturated rings. The predicted molar refractivity (Wildman–Crippen MR) is 100 cm³/mol. The van der Waals surface area contributed by atoms with Crippen LogP contribution in [0.15, 0.2) is 36.8 Å². The van der Waals surface area contributed by atoms with Gasteiger partial charge in [-0.25, -0.2) is 14.8 Å². The molecule has 3 aromatic rings. The lowest BCUT2D eigenvalue weighted by Crippen LogP contribution is -2.28. The number of aromatic amines is 1. The maximum Gasteiger partial charge on any atom is 0.215 e. The predicted octanol–water partition coefficient (Wildman–Crippen LogP) is 3.64. The monoisotopic (exact) mass is 397 g/mol. The number of aromatic nitrogens is 5. The Labute approximate surface area is 157 Å². The van der Waals surface area contributed by atoms with Gasteiger partial charge in [0.05, 0.1) is 16.9 Å². The molecule has 122 valence electrons. The van der Waals surface area contributed by atoms with Gasteiger partial charge >= 0.3 is 0 Å². The van der Waals surface area contributed by atoms with Gasteiger partial charge in [-0.1, -0.05) is 23.2 Å². The molecular formula is C13H9Cl2N7S2. The van der Waals surface area contributed by atoms with Crippen LogP contribution in [0, 0.1) is 4.77 Å². The zero-order valence-electron chi connectivity index (χ0n) is 11.8. The summed E-state index contributed by atoms with van der Waals surface area (Å²) in [4.78, 5) is 8.19. The fraction of sp³-hybridized carbons (Fsp3) is 0. The highest BCUT2D eigenvalue weighted by Crippen LogP contribution is 2.25. The van der Waals surface area contributed by atoms with Gasteiger partial charge in [-0.2, -0.15) is 5.10 Å². The third-order valence-electron chi connectivity index (χ3n) is 2.86. The van der Waals surface area contributed by atoms with Crippen LogP contribution in [0.25, 0.3) is 11.5 Å². The van der Waals surface area contributed by atoms with Crippen molar-refractivity contribution < 1.29 is 0 Å². The minimum atomic E-state index is 0.266. The number of anilines is 1. The van der Waals surface area contributed by atoms with Gasteiger partial charge in [0.25, 0.3) is 0 Å². The number of halogens is 2. The smallest absolute Gasteiger partial charge is 0.215 e. The highest BCUT2D eigenvalue weighted by molar-refractivity contribution is 7.80. The Morgan fingerprint density at radius 1 is 1.25 bits per heavy atom. The van der Waals surface area contributed by atoms with Crippen LogP contribution in [0.1, 0.15) is 0 Å². The maximum atomic E-state index is 6.12. The van der Waals surface area contributed by atoms with Gasteiger partial charge in [-0.05, 0) is 42.6 Å². The molecule has 0 aliphatic rings. The first-order valence-electron chi connectivity index (χ1n) is 6.51. The summed E-state index contributed by atoms with van der Waals surface area (Å²) in [5.41, 5.74) is 4.07. The van der Waals surface area contributed by atoms with E-state index >= 15 is 0 Å². The second kappa shape index (κ2) is 7.22. The number of hydrogen-bond donors (Lipinski definition) is 3. The number of rotatable bonds is 3. The van der Waals surface area contributed by atoms with Crippen molar-refractivity contribution in [1.82, 2.24) is 24.8 Å². The minimum absolute atomic E-state index is 0.266. The molecule has 0 saturated heterocycles. The van der Waals surface area contributed by atoms with Crippen molar-refractivity contribution in [3.63, 3.8) is 0 Å². The third kappa shape index (κ3) is 3.70. The summed E-state index contributed by atoms with van der Waals surface area (Å²) in [7, 11) is 0. The molecule has 2 heterocycles. The van der Waals surface area contributed by atoms with E-state index in [0.29, 0.717) is 32.0 Å². The lowest BCUT2D eigenvalue weighted by atomic mass is 10.3. The van der Waals surface area contributed by atoms with E-state index in [4.69, 9.17) is 47.6 Å². The van der Waals surface area contributed by atoms with Crippen molar-refractivity contribution in [3.8, 4) is 11.5 Å². The van der Waals surface area contributed by atoms with Crippen molar-refractivity contribution in [2.45, 2.75) is 0 Å². The number of nitrogens with one attached hydrogen (secondary N) is 3. The van der Waals surface area contributed by atoms with Crippen LogP contribution < -0.4 is 10.7 Å². The maximum absolute atomic E-state index is 6.12. The Kier molecular flexibility index (Phi) is 5.05. The summed E-state index contributed by atoms with van der Waals surface area (Å²) in [6, 6.07) is 5.03. The molecule has 3 N–H and O–H groups in total. The van der Waals surface area contributed by atoms with E-state index in [1.807, 2.05) is 0 Å². The number of benzene rings is 1. The lowest BCUT2D eigenvalue weighted by molar-refractivity contribution is 0.953. The zero-order valence-corrected chi connectivity index (χ0v) is 15.0. The topological polar surface area (TPSA) is 83.4 Å². The second-order valence-electron chi connectivity index (χ2n) is 4.47. The van der Waals surface area contributed by atoms with Crippen molar-refractivity contribution >= 4 is 58.4 Å². The molecule has 0 unspecified atom stereocenters. The van der Waals surface area contributed by atoms with Crippen molar-refractivity contribution in [2.75, 3.05) is 10.7 Å². The fourth-order valence-electron chi connectivity index (χ4n) is 1.83. The van der Waals surface area contributed by atoms with Crippen molar-refractivity contribution in [3.05, 3.63) is 51.6 Å². The average Bonchev–Trinajstić information content (AvgIpc) is 2.92. The van der Waals surface area contributed by atoms with Gasteiger partial charge in [-0.15, -0.1) is 0 Å². The van der Waals surface area contributed by atoms with E-state index < -0.39 is 0 Å². The van der Waals surface area contributed by atoms with Crippen LogP contribution in [-0.2, 0) is 0 Å². The van der Waals surface area contributed by atoms with Gasteiger partial charge in [0, 0.05) is 17.4 Å². The summed E-state index contributed by atoms with van der Waals surface area (Å²) in [6.07, 6.45) is 4.69. The molecule has 0 spiro atoms. The van der Waals surface area contributed by atoms with Crippen LogP contribution in [0.5, 0.6) is 0 Å². The van der Waals surface area contributed by atoms with E-state index in [0.717, 1.165) is 0 Å². The van der Waals surface area contributed by atoms with Crippen LogP contribution >= 0.6 is 47.6 Å². The average molecular weight is 398 g/mol. The normalized spacial score (nSPS) is 10.4. The van der Waals surface area contributed by atoms with Crippen LogP contribution in [-0.4, -0.2) is 30.0 Å². The Morgan fingerprint density at radius 2 is 2.08 bits per heavy atom. The van der Waals surface area contributed by atoms with Crippen molar-refractivity contribution in [2.24, 2.45) is 0 Å². The molecule has 0 amide bonds. The first-order chi connectivity index (χ1) is 11.5. The van der Waals surface area contributed by atoms with Gasteiger partial charge in [0.2, 0.25) is 10.6 Å². The standard InChI is InChI=1S/C13H9Cl2N7S2/c14-7-1-2-9(8(15)5-7)18-12(23)21-22-11(19-20-13(22)24)10-6-16-3-4-17-10/h1-6H,(H,20,24)(H2,18,21,23). The van der Waals surface area contributed by atoms with Gasteiger partial charge in [0.1, 0.15) is 5.69 Å². The molecule has 0 atom stereocenters. The zero-order chi connectivity index (χ0) is 17.1. The molecular weight excluding hydrogens is 389 g/mol. The van der Waals surface area contributed by atoms with Crippen LogP contribution in [0.3, 0.4) is 0 Å². The quantitative estimate of drug-likeness (QED) is 0.581. The van der Waals surface area contributed by atoms with Gasteiger partial charge in [-0.3, -0.25) is 10.4 Å². The summed E-state index contributed by atoms with van der Waals surface area (Å²) < 4.78 is 1.81. The second-order valence-corrected chi connectivity index (χ2v) is 6.11. The number of H-pyrrole nitrogens is 1. The molecule has 0 saturated carbocycles.